The Balaban J connectivity index is 2.08. The van der Waals surface area contributed by atoms with Gasteiger partial charge in [-0.1, -0.05) is 18.2 Å². The van der Waals surface area contributed by atoms with Gasteiger partial charge in [-0.2, -0.15) is 5.06 Å². The summed E-state index contributed by atoms with van der Waals surface area (Å²) in [6.45, 7) is -0.0679. The van der Waals surface area contributed by atoms with Crippen LogP contribution >= 0.6 is 0 Å². The van der Waals surface area contributed by atoms with Gasteiger partial charge in [0.15, 0.2) is 0 Å². The Labute approximate surface area is 91.4 Å². The minimum Gasteiger partial charge on any atom is -0.447 e. The highest BCUT2D eigenvalue weighted by Crippen LogP contribution is 2.13. The van der Waals surface area contributed by atoms with E-state index in [0.717, 1.165) is 0 Å². The summed E-state index contributed by atoms with van der Waals surface area (Å²) in [4.78, 5) is 22.4. The fourth-order valence-electron chi connectivity index (χ4n) is 1.36. The van der Waals surface area contributed by atoms with Crippen molar-refractivity contribution in [1.29, 1.82) is 0 Å². The van der Waals surface area contributed by atoms with Gasteiger partial charge < -0.3 is 10.1 Å². The number of carbonyl (C=O) groups excluding carboxylic acids is 2. The predicted octanol–water partition coefficient (Wildman–Crippen LogP) is 0.517. The molecule has 0 saturated carbocycles. The molecule has 1 heterocycles. The van der Waals surface area contributed by atoms with Gasteiger partial charge in [0.25, 0.3) is 5.91 Å². The predicted molar refractivity (Wildman–Crippen MR) is 54.0 cm³/mol. The summed E-state index contributed by atoms with van der Waals surface area (Å²) in [5.74, 6) is -0.628. The number of anilines is 1. The number of ether oxygens (including phenoxy) is 1. The molecule has 0 aliphatic carbocycles. The Morgan fingerprint density at radius 2 is 2.12 bits per heavy atom. The van der Waals surface area contributed by atoms with E-state index < -0.39 is 18.0 Å². The van der Waals surface area contributed by atoms with Crippen molar-refractivity contribution in [1.82, 2.24) is 5.32 Å². The first-order valence-electron chi connectivity index (χ1n) is 4.69. The van der Waals surface area contributed by atoms with E-state index in [1.165, 1.54) is 0 Å². The lowest BCUT2D eigenvalue weighted by atomic mass is 10.2. The molecule has 0 aromatic heterocycles. The van der Waals surface area contributed by atoms with Crippen molar-refractivity contribution in [3.05, 3.63) is 30.3 Å². The molecular formula is C10H10N2O4. The molecular weight excluding hydrogens is 212 g/mol. The van der Waals surface area contributed by atoms with Gasteiger partial charge in [0.1, 0.15) is 12.6 Å². The Hall–Kier alpha value is -2.08. The van der Waals surface area contributed by atoms with E-state index in [0.29, 0.717) is 10.8 Å². The highest BCUT2D eigenvalue weighted by molar-refractivity contribution is 5.97. The van der Waals surface area contributed by atoms with Crippen LogP contribution in [-0.2, 0) is 9.53 Å². The van der Waals surface area contributed by atoms with Crippen LogP contribution in [0.1, 0.15) is 0 Å². The van der Waals surface area contributed by atoms with Crippen molar-refractivity contribution < 1.29 is 19.5 Å². The molecule has 84 valence electrons. The van der Waals surface area contributed by atoms with Crippen LogP contribution in [0.25, 0.3) is 0 Å². The van der Waals surface area contributed by atoms with Gasteiger partial charge in [-0.05, 0) is 12.1 Å². The van der Waals surface area contributed by atoms with Crippen LogP contribution in [0.3, 0.4) is 0 Å². The molecule has 1 saturated heterocycles. The zero-order valence-electron chi connectivity index (χ0n) is 8.29. The topological polar surface area (TPSA) is 78.9 Å². The van der Waals surface area contributed by atoms with E-state index in [2.05, 4.69) is 10.1 Å². The molecule has 6 heteroatoms. The molecule has 0 spiro atoms. The van der Waals surface area contributed by atoms with Crippen LogP contribution in [-0.4, -0.2) is 29.9 Å². The highest BCUT2D eigenvalue weighted by Gasteiger charge is 2.32. The van der Waals surface area contributed by atoms with Crippen LogP contribution in [0.5, 0.6) is 0 Å². The van der Waals surface area contributed by atoms with Crippen molar-refractivity contribution in [3.63, 3.8) is 0 Å². The first-order valence-corrected chi connectivity index (χ1v) is 4.69. The minimum absolute atomic E-state index is 0.0679. The molecule has 16 heavy (non-hydrogen) atoms. The second-order valence-corrected chi connectivity index (χ2v) is 3.28. The number of hydrogen-bond donors (Lipinski definition) is 2. The maximum atomic E-state index is 11.7. The molecule has 1 aliphatic rings. The molecule has 2 rings (SSSR count). The van der Waals surface area contributed by atoms with Crippen LogP contribution < -0.4 is 10.4 Å². The van der Waals surface area contributed by atoms with E-state index in [1.54, 1.807) is 30.3 Å². The van der Waals surface area contributed by atoms with Crippen LogP contribution in [0.15, 0.2) is 30.3 Å². The lowest BCUT2D eigenvalue weighted by Gasteiger charge is -2.17. The number of amides is 2. The number of rotatable bonds is 2. The maximum Gasteiger partial charge on any atom is 0.407 e. The van der Waals surface area contributed by atoms with E-state index >= 15 is 0 Å². The smallest absolute Gasteiger partial charge is 0.407 e. The zero-order valence-corrected chi connectivity index (χ0v) is 8.29. The van der Waals surface area contributed by atoms with E-state index in [4.69, 9.17) is 0 Å². The number of alkyl carbamates (subject to hydrolysis) is 1. The van der Waals surface area contributed by atoms with E-state index in [9.17, 15) is 14.8 Å². The van der Waals surface area contributed by atoms with E-state index in [-0.39, 0.29) is 6.61 Å². The summed E-state index contributed by atoms with van der Waals surface area (Å²) < 4.78 is 4.56. The van der Waals surface area contributed by atoms with E-state index in [1.807, 2.05) is 0 Å². The van der Waals surface area contributed by atoms with Gasteiger partial charge in [-0.25, -0.2) is 4.79 Å². The molecule has 1 aromatic carbocycles. The second kappa shape index (κ2) is 4.19. The maximum absolute atomic E-state index is 11.7. The Bertz CT molecular complexity index is 407. The first-order chi connectivity index (χ1) is 7.68. The van der Waals surface area contributed by atoms with Crippen molar-refractivity contribution in [3.8, 4) is 0 Å². The Kier molecular flexibility index (Phi) is 2.74. The number of para-hydroxylation sites is 1. The van der Waals surface area contributed by atoms with Gasteiger partial charge in [-0.3, -0.25) is 10.0 Å². The third-order valence-corrected chi connectivity index (χ3v) is 2.18. The molecule has 1 fully saturated rings. The molecule has 0 bridgehead atoms. The monoisotopic (exact) mass is 222 g/mol. The lowest BCUT2D eigenvalue weighted by molar-refractivity contribution is -0.125. The SMILES string of the molecule is O=C1NC(C(=O)N(O)c2ccccc2)CO1. The van der Waals surface area contributed by atoms with Gasteiger partial charge in [0.05, 0.1) is 5.69 Å². The van der Waals surface area contributed by atoms with Crippen molar-refractivity contribution in [2.24, 2.45) is 0 Å². The molecule has 2 amide bonds. The lowest BCUT2D eigenvalue weighted by Crippen LogP contribution is -2.44. The summed E-state index contributed by atoms with van der Waals surface area (Å²) in [6, 6.07) is 7.47. The van der Waals surface area contributed by atoms with Crippen molar-refractivity contribution >= 4 is 17.7 Å². The average molecular weight is 222 g/mol. The first kappa shape index (κ1) is 10.4. The third kappa shape index (κ3) is 1.96. The number of carbonyl (C=O) groups is 2. The van der Waals surface area contributed by atoms with Crippen molar-refractivity contribution in [2.45, 2.75) is 6.04 Å². The van der Waals surface area contributed by atoms with Gasteiger partial charge >= 0.3 is 6.09 Å². The molecule has 1 aromatic rings. The largest absolute Gasteiger partial charge is 0.447 e. The van der Waals surface area contributed by atoms with Crippen molar-refractivity contribution in [2.75, 3.05) is 11.7 Å². The normalized spacial score (nSPS) is 18.8. The average Bonchev–Trinajstić information content (AvgIpc) is 2.75. The molecule has 1 aliphatic heterocycles. The van der Waals surface area contributed by atoms with Crippen LogP contribution in [0.2, 0.25) is 0 Å². The standard InChI is InChI=1S/C10H10N2O4/c13-9(8-6-16-10(14)11-8)12(15)7-4-2-1-3-5-7/h1-5,8,15H,6H2,(H,11,14). The van der Waals surface area contributed by atoms with Gasteiger partial charge in [0, 0.05) is 0 Å². The number of hydroxylamine groups is 1. The summed E-state index contributed by atoms with van der Waals surface area (Å²) >= 11 is 0. The van der Waals surface area contributed by atoms with Crippen LogP contribution in [0, 0.1) is 0 Å². The molecule has 2 N–H and O–H groups in total. The molecule has 0 radical (unpaired) electrons. The summed E-state index contributed by atoms with van der Waals surface area (Å²) in [6.07, 6.45) is -0.653. The molecule has 1 atom stereocenters. The number of hydrogen-bond acceptors (Lipinski definition) is 4. The van der Waals surface area contributed by atoms with Gasteiger partial charge in [-0.15, -0.1) is 0 Å². The fraction of sp³-hybridized carbons (Fsp3) is 0.200. The van der Waals surface area contributed by atoms with Crippen LogP contribution in [0.4, 0.5) is 10.5 Å². The second-order valence-electron chi connectivity index (χ2n) is 3.28. The summed E-state index contributed by atoms with van der Waals surface area (Å²) in [5, 5.41) is 12.4. The quantitative estimate of drug-likeness (QED) is 0.564. The summed E-state index contributed by atoms with van der Waals surface area (Å²) in [7, 11) is 0. The fourth-order valence-corrected chi connectivity index (χ4v) is 1.36. The summed E-state index contributed by atoms with van der Waals surface area (Å²) in [5.41, 5.74) is 0.341. The number of cyclic esters (lactones) is 1. The number of benzene rings is 1. The zero-order chi connectivity index (χ0) is 11.5. The molecule has 6 nitrogen and oxygen atoms in total. The number of nitrogens with zero attached hydrogens (tertiary/aromatic N) is 1. The Morgan fingerprint density at radius 1 is 1.44 bits per heavy atom. The minimum atomic E-state index is -0.835. The van der Waals surface area contributed by atoms with Gasteiger partial charge in [0.2, 0.25) is 0 Å². The molecule has 1 unspecified atom stereocenters. The number of nitrogens with one attached hydrogen (secondary N) is 1. The highest BCUT2D eigenvalue weighted by atomic mass is 16.6. The third-order valence-electron chi connectivity index (χ3n) is 2.18. The Morgan fingerprint density at radius 3 is 2.69 bits per heavy atom.